The first kappa shape index (κ1) is 13.7. The van der Waals surface area contributed by atoms with Gasteiger partial charge in [0.25, 0.3) is 0 Å². The lowest BCUT2D eigenvalue weighted by molar-refractivity contribution is 0.293. The third-order valence-electron chi connectivity index (χ3n) is 2.64. The Balaban J connectivity index is 2.03. The second-order valence-electron chi connectivity index (χ2n) is 3.98. The van der Waals surface area contributed by atoms with Gasteiger partial charge in [-0.05, 0) is 23.8 Å². The van der Waals surface area contributed by atoms with E-state index in [0.717, 1.165) is 11.3 Å². The van der Waals surface area contributed by atoms with E-state index in [1.807, 2.05) is 24.3 Å². The minimum absolute atomic E-state index is 0.0557. The third-order valence-corrected chi connectivity index (χ3v) is 2.64. The van der Waals surface area contributed by atoms with Crippen molar-refractivity contribution in [3.63, 3.8) is 0 Å². The molecular weight excluding hydrogens is 258 g/mol. The zero-order chi connectivity index (χ0) is 14.4. The number of oxime groups is 1. The van der Waals surface area contributed by atoms with Gasteiger partial charge in [-0.3, -0.25) is 0 Å². The first-order chi connectivity index (χ1) is 9.72. The second kappa shape index (κ2) is 6.42. The molecule has 0 unspecified atom stereocenters. The van der Waals surface area contributed by atoms with Gasteiger partial charge < -0.3 is 20.4 Å². The highest BCUT2D eigenvalue weighted by molar-refractivity contribution is 5.95. The normalized spacial score (nSPS) is 11.2. The van der Waals surface area contributed by atoms with Gasteiger partial charge in [0.15, 0.2) is 5.84 Å². The molecule has 0 amide bonds. The number of benzene rings is 1. The molecule has 0 fully saturated rings. The monoisotopic (exact) mass is 273 g/mol. The molecule has 20 heavy (non-hydrogen) atoms. The maximum atomic E-state index is 8.61. The van der Waals surface area contributed by atoms with Crippen molar-refractivity contribution < 1.29 is 14.7 Å². The average Bonchev–Trinajstić information content (AvgIpc) is 2.53. The van der Waals surface area contributed by atoms with E-state index < -0.39 is 0 Å². The molecule has 0 spiro atoms. The molecule has 104 valence electrons. The molecule has 0 bridgehead atoms. The maximum Gasteiger partial charge on any atom is 0.214 e. The van der Waals surface area contributed by atoms with Crippen molar-refractivity contribution in [2.24, 2.45) is 10.9 Å². The van der Waals surface area contributed by atoms with Crippen molar-refractivity contribution in [3.05, 3.63) is 53.7 Å². The van der Waals surface area contributed by atoms with E-state index in [1.54, 1.807) is 25.3 Å². The maximum absolute atomic E-state index is 8.61. The fraction of sp³-hybridized carbons (Fsp3) is 0.143. The second-order valence-corrected chi connectivity index (χ2v) is 3.98. The summed E-state index contributed by atoms with van der Waals surface area (Å²) in [6, 6.07) is 12.6. The molecule has 3 N–H and O–H groups in total. The van der Waals surface area contributed by atoms with E-state index in [4.69, 9.17) is 20.4 Å². The molecule has 0 aliphatic heterocycles. The largest absolute Gasteiger partial charge is 0.497 e. The Morgan fingerprint density at radius 1 is 1.25 bits per heavy atom. The number of rotatable bonds is 5. The summed E-state index contributed by atoms with van der Waals surface area (Å²) in [6.45, 7) is 0.372. The molecule has 0 saturated carbocycles. The van der Waals surface area contributed by atoms with Crippen LogP contribution in [0.1, 0.15) is 11.3 Å². The summed E-state index contributed by atoms with van der Waals surface area (Å²) in [7, 11) is 1.62. The van der Waals surface area contributed by atoms with Crippen LogP contribution in [0.4, 0.5) is 0 Å². The van der Waals surface area contributed by atoms with Crippen molar-refractivity contribution >= 4 is 5.84 Å². The van der Waals surface area contributed by atoms with E-state index in [-0.39, 0.29) is 5.84 Å². The quantitative estimate of drug-likeness (QED) is 0.375. The van der Waals surface area contributed by atoms with Crippen molar-refractivity contribution in [1.82, 2.24) is 4.98 Å². The predicted octanol–water partition coefficient (Wildman–Crippen LogP) is 1.76. The highest BCUT2D eigenvalue weighted by Gasteiger charge is 2.03. The van der Waals surface area contributed by atoms with Crippen molar-refractivity contribution in [3.8, 4) is 11.6 Å². The van der Waals surface area contributed by atoms with Crippen molar-refractivity contribution in [2.75, 3.05) is 7.11 Å². The molecule has 1 heterocycles. The molecule has 0 radical (unpaired) electrons. The number of nitrogens with two attached hydrogens (primary N) is 1. The number of ether oxygens (including phenoxy) is 2. The Kier molecular flexibility index (Phi) is 4.39. The summed E-state index contributed by atoms with van der Waals surface area (Å²) < 4.78 is 10.6. The van der Waals surface area contributed by atoms with Gasteiger partial charge in [0.2, 0.25) is 5.88 Å². The highest BCUT2D eigenvalue weighted by Crippen LogP contribution is 2.14. The fourth-order valence-corrected chi connectivity index (χ4v) is 1.57. The minimum Gasteiger partial charge on any atom is -0.497 e. The molecule has 0 aliphatic rings. The smallest absolute Gasteiger partial charge is 0.214 e. The van der Waals surface area contributed by atoms with Gasteiger partial charge in [0, 0.05) is 6.07 Å². The van der Waals surface area contributed by atoms with Gasteiger partial charge in [-0.25, -0.2) is 4.98 Å². The van der Waals surface area contributed by atoms with Crippen LogP contribution >= 0.6 is 0 Å². The van der Waals surface area contributed by atoms with Crippen LogP contribution in [0, 0.1) is 0 Å². The Hall–Kier alpha value is -2.76. The standard InChI is InChI=1S/C14H15N3O3/c1-19-11-7-5-10(6-8-11)9-20-13-4-2-3-12(16-13)14(15)17-18/h2-8,18H,9H2,1H3,(H2,15,17). The Bertz CT molecular complexity index is 597. The van der Waals surface area contributed by atoms with Gasteiger partial charge in [0.1, 0.15) is 18.1 Å². The first-order valence-electron chi connectivity index (χ1n) is 5.93. The zero-order valence-electron chi connectivity index (χ0n) is 11.0. The molecule has 1 aromatic heterocycles. The number of nitrogens with zero attached hydrogens (tertiary/aromatic N) is 2. The van der Waals surface area contributed by atoms with Crippen LogP contribution in [0.3, 0.4) is 0 Å². The number of aromatic nitrogens is 1. The van der Waals surface area contributed by atoms with Crippen LogP contribution in [0.2, 0.25) is 0 Å². The van der Waals surface area contributed by atoms with Gasteiger partial charge >= 0.3 is 0 Å². The summed E-state index contributed by atoms with van der Waals surface area (Å²) in [5.41, 5.74) is 6.82. The van der Waals surface area contributed by atoms with Gasteiger partial charge in [0.05, 0.1) is 7.11 Å². The number of hydrogen-bond acceptors (Lipinski definition) is 5. The number of pyridine rings is 1. The lowest BCUT2D eigenvalue weighted by Crippen LogP contribution is -2.15. The van der Waals surface area contributed by atoms with E-state index in [0.29, 0.717) is 18.2 Å². The third kappa shape index (κ3) is 3.38. The first-order valence-corrected chi connectivity index (χ1v) is 5.93. The van der Waals surface area contributed by atoms with Crippen molar-refractivity contribution in [2.45, 2.75) is 6.61 Å². The molecule has 0 atom stereocenters. The van der Waals surface area contributed by atoms with Gasteiger partial charge in [-0.1, -0.05) is 23.4 Å². The summed E-state index contributed by atoms with van der Waals surface area (Å²) >= 11 is 0. The summed E-state index contributed by atoms with van der Waals surface area (Å²) in [5.74, 6) is 1.14. The fourth-order valence-electron chi connectivity index (χ4n) is 1.57. The Labute approximate surface area is 116 Å². The average molecular weight is 273 g/mol. The summed E-state index contributed by atoms with van der Waals surface area (Å²) in [4.78, 5) is 4.13. The topological polar surface area (TPSA) is 90.0 Å². The zero-order valence-corrected chi connectivity index (χ0v) is 11.0. The molecule has 2 aromatic rings. The molecule has 1 aromatic carbocycles. The predicted molar refractivity (Wildman–Crippen MR) is 74.1 cm³/mol. The highest BCUT2D eigenvalue weighted by atomic mass is 16.5. The summed E-state index contributed by atoms with van der Waals surface area (Å²) in [5, 5.41) is 11.5. The van der Waals surface area contributed by atoms with E-state index in [1.165, 1.54) is 0 Å². The minimum atomic E-state index is -0.0557. The van der Waals surface area contributed by atoms with Crippen LogP contribution in [0.25, 0.3) is 0 Å². The van der Waals surface area contributed by atoms with Gasteiger partial charge in [-0.15, -0.1) is 0 Å². The SMILES string of the molecule is COc1ccc(COc2cccc(C(N)=NO)n2)cc1. The van der Waals surface area contributed by atoms with Crippen LogP contribution < -0.4 is 15.2 Å². The van der Waals surface area contributed by atoms with E-state index in [9.17, 15) is 0 Å². The van der Waals surface area contributed by atoms with Gasteiger partial charge in [-0.2, -0.15) is 0 Å². The molecule has 0 saturated heterocycles. The number of amidine groups is 1. The molecule has 6 heteroatoms. The van der Waals surface area contributed by atoms with Crippen LogP contribution in [0.15, 0.2) is 47.6 Å². The Morgan fingerprint density at radius 3 is 2.65 bits per heavy atom. The Morgan fingerprint density at radius 2 is 2.00 bits per heavy atom. The molecular formula is C14H15N3O3. The van der Waals surface area contributed by atoms with Crippen molar-refractivity contribution in [1.29, 1.82) is 0 Å². The number of methoxy groups -OCH3 is 1. The number of hydrogen-bond donors (Lipinski definition) is 2. The van der Waals surface area contributed by atoms with Crippen LogP contribution in [-0.2, 0) is 6.61 Å². The van der Waals surface area contributed by atoms with Crippen LogP contribution in [-0.4, -0.2) is 23.1 Å². The van der Waals surface area contributed by atoms with Crippen LogP contribution in [0.5, 0.6) is 11.6 Å². The molecule has 0 aliphatic carbocycles. The summed E-state index contributed by atoms with van der Waals surface area (Å²) in [6.07, 6.45) is 0. The lowest BCUT2D eigenvalue weighted by Gasteiger charge is -2.07. The van der Waals surface area contributed by atoms with E-state index in [2.05, 4.69) is 10.1 Å². The lowest BCUT2D eigenvalue weighted by atomic mass is 10.2. The molecule has 2 rings (SSSR count). The molecule has 6 nitrogen and oxygen atoms in total. The van der Waals surface area contributed by atoms with E-state index >= 15 is 0 Å².